The number of hydrogen-bond donors (Lipinski definition) is 0. The zero-order valence-corrected chi connectivity index (χ0v) is 26.3. The number of aromatic nitrogens is 3. The molecule has 4 nitrogen and oxygen atoms in total. The fourth-order valence-corrected chi connectivity index (χ4v) is 7.25. The predicted octanol–water partition coefficient (Wildman–Crippen LogP) is 11.9. The van der Waals surface area contributed by atoms with Gasteiger partial charge in [0.1, 0.15) is 11.2 Å². The summed E-state index contributed by atoms with van der Waals surface area (Å²) >= 11 is 0. The van der Waals surface area contributed by atoms with E-state index >= 15 is 0 Å². The Bertz CT molecular complexity index is 2820. The fraction of sp³-hybridized carbons (Fsp3) is 0. The van der Waals surface area contributed by atoms with Gasteiger partial charge in [0, 0.05) is 32.8 Å². The van der Waals surface area contributed by atoms with Crippen LogP contribution in [-0.2, 0) is 0 Å². The summed E-state index contributed by atoms with van der Waals surface area (Å²) < 4.78 is 6.59. The van der Waals surface area contributed by atoms with Gasteiger partial charge in [-0.1, -0.05) is 146 Å². The van der Waals surface area contributed by atoms with Crippen molar-refractivity contribution in [2.75, 3.05) is 0 Å². The molecule has 0 saturated heterocycles. The molecule has 0 atom stereocenters. The lowest BCUT2D eigenvalue weighted by Crippen LogP contribution is -2.01. The summed E-state index contributed by atoms with van der Waals surface area (Å²) in [5.74, 6) is 1.92. The van der Waals surface area contributed by atoms with Gasteiger partial charge in [0.25, 0.3) is 0 Å². The smallest absolute Gasteiger partial charge is 0.164 e. The molecule has 2 aromatic heterocycles. The highest BCUT2D eigenvalue weighted by Gasteiger charge is 2.19. The average molecular weight is 626 g/mol. The number of benzene rings is 8. The van der Waals surface area contributed by atoms with Crippen molar-refractivity contribution in [2.45, 2.75) is 0 Å². The topological polar surface area (TPSA) is 51.8 Å². The Labute approximate surface area is 282 Å². The molecule has 0 bridgehead atoms. The molecular weight excluding hydrogens is 599 g/mol. The molecule has 0 fully saturated rings. The van der Waals surface area contributed by atoms with E-state index in [9.17, 15) is 0 Å². The SMILES string of the molecule is c1ccc(-c2nc(-c3ccccc3)nc(-c3ccccc3-c3ccc4c(c3)c3ccccc3c3ccc5c6ccccc6oc5c34)n2)cc1. The first kappa shape index (κ1) is 27.5. The van der Waals surface area contributed by atoms with Crippen LogP contribution in [0.4, 0.5) is 0 Å². The lowest BCUT2D eigenvalue weighted by Gasteiger charge is -2.14. The maximum atomic E-state index is 6.59. The molecule has 8 aromatic carbocycles. The first-order valence-electron chi connectivity index (χ1n) is 16.5. The maximum Gasteiger partial charge on any atom is 0.164 e. The van der Waals surface area contributed by atoms with E-state index in [0.717, 1.165) is 60.5 Å². The van der Waals surface area contributed by atoms with Crippen LogP contribution in [0, 0.1) is 0 Å². The quantitative estimate of drug-likeness (QED) is 0.183. The Morgan fingerprint density at radius 1 is 0.327 bits per heavy atom. The molecule has 0 N–H and O–H groups in total. The van der Waals surface area contributed by atoms with Crippen molar-refractivity contribution < 1.29 is 4.42 Å². The lowest BCUT2D eigenvalue weighted by atomic mass is 9.90. The molecule has 0 aliphatic carbocycles. The van der Waals surface area contributed by atoms with Crippen LogP contribution in [0.15, 0.2) is 168 Å². The van der Waals surface area contributed by atoms with Gasteiger partial charge in [0.2, 0.25) is 0 Å². The summed E-state index contributed by atoms with van der Waals surface area (Å²) in [7, 11) is 0. The third-order valence-corrected chi connectivity index (χ3v) is 9.52. The van der Waals surface area contributed by atoms with Crippen LogP contribution in [0.25, 0.3) is 99.5 Å². The largest absolute Gasteiger partial charge is 0.455 e. The van der Waals surface area contributed by atoms with Crippen molar-refractivity contribution in [3.05, 3.63) is 164 Å². The van der Waals surface area contributed by atoms with Crippen LogP contribution in [0.3, 0.4) is 0 Å². The van der Waals surface area contributed by atoms with Gasteiger partial charge in [-0.25, -0.2) is 15.0 Å². The number of hydrogen-bond acceptors (Lipinski definition) is 4. The van der Waals surface area contributed by atoms with E-state index in [2.05, 4.69) is 91.0 Å². The zero-order chi connectivity index (χ0) is 32.3. The molecule has 2 heterocycles. The van der Waals surface area contributed by atoms with E-state index in [4.69, 9.17) is 19.4 Å². The highest BCUT2D eigenvalue weighted by atomic mass is 16.3. The van der Waals surface area contributed by atoms with Crippen LogP contribution >= 0.6 is 0 Å². The van der Waals surface area contributed by atoms with E-state index in [-0.39, 0.29) is 0 Å². The van der Waals surface area contributed by atoms with Crippen LogP contribution in [0.5, 0.6) is 0 Å². The zero-order valence-electron chi connectivity index (χ0n) is 26.3. The van der Waals surface area contributed by atoms with Gasteiger partial charge in [-0.2, -0.15) is 0 Å². The Morgan fingerprint density at radius 3 is 1.55 bits per heavy atom. The number of rotatable bonds is 4. The van der Waals surface area contributed by atoms with Crippen LogP contribution < -0.4 is 0 Å². The Kier molecular flexibility index (Phi) is 6.15. The molecule has 49 heavy (non-hydrogen) atoms. The number of para-hydroxylation sites is 1. The summed E-state index contributed by atoms with van der Waals surface area (Å²) in [6, 6.07) is 56.8. The standard InChI is InChI=1S/C45H27N3O/c1-3-13-28(14-4-1)43-46-44(29-15-5-2-6-16-29)48-45(47-43)38-21-10-7-17-31(38)30-23-24-36-39(27-30)33-19-9-8-18-32(33)35-25-26-37-34-20-11-12-22-40(34)49-42(37)41(35)36/h1-27H. The maximum absolute atomic E-state index is 6.59. The van der Waals surface area contributed by atoms with Gasteiger partial charge < -0.3 is 4.42 Å². The van der Waals surface area contributed by atoms with Crippen molar-refractivity contribution >= 4 is 54.3 Å². The second kappa shape index (κ2) is 11.0. The second-order valence-corrected chi connectivity index (χ2v) is 12.4. The molecule has 0 amide bonds. The number of nitrogens with zero attached hydrogens (tertiary/aromatic N) is 3. The molecular formula is C45H27N3O. The van der Waals surface area contributed by atoms with Gasteiger partial charge in [0.15, 0.2) is 17.5 Å². The monoisotopic (exact) mass is 625 g/mol. The summed E-state index contributed by atoms with van der Waals surface area (Å²) in [6.07, 6.45) is 0. The number of fused-ring (bicyclic) bond motifs is 10. The highest BCUT2D eigenvalue weighted by molar-refractivity contribution is 6.32. The highest BCUT2D eigenvalue weighted by Crippen LogP contribution is 2.43. The van der Waals surface area contributed by atoms with Gasteiger partial charge >= 0.3 is 0 Å². The first-order chi connectivity index (χ1) is 24.3. The van der Waals surface area contributed by atoms with Crippen molar-refractivity contribution in [1.29, 1.82) is 0 Å². The minimum Gasteiger partial charge on any atom is -0.455 e. The molecule has 10 rings (SSSR count). The van der Waals surface area contributed by atoms with Crippen LogP contribution in [-0.4, -0.2) is 15.0 Å². The fourth-order valence-electron chi connectivity index (χ4n) is 7.25. The second-order valence-electron chi connectivity index (χ2n) is 12.4. The molecule has 0 saturated carbocycles. The predicted molar refractivity (Wildman–Crippen MR) is 201 cm³/mol. The van der Waals surface area contributed by atoms with Crippen molar-refractivity contribution in [3.8, 4) is 45.3 Å². The molecule has 0 radical (unpaired) electrons. The van der Waals surface area contributed by atoms with Gasteiger partial charge in [-0.05, 0) is 56.3 Å². The van der Waals surface area contributed by atoms with Crippen LogP contribution in [0.1, 0.15) is 0 Å². The number of furan rings is 1. The summed E-state index contributed by atoms with van der Waals surface area (Å²) in [5, 5.41) is 9.34. The lowest BCUT2D eigenvalue weighted by molar-refractivity contribution is 0.673. The minimum atomic E-state index is 0.635. The van der Waals surface area contributed by atoms with E-state index < -0.39 is 0 Å². The van der Waals surface area contributed by atoms with E-state index in [1.165, 1.54) is 21.5 Å². The van der Waals surface area contributed by atoms with Gasteiger partial charge in [0.05, 0.1) is 0 Å². The summed E-state index contributed by atoms with van der Waals surface area (Å²) in [4.78, 5) is 15.0. The summed E-state index contributed by atoms with van der Waals surface area (Å²) in [5.41, 5.74) is 6.81. The van der Waals surface area contributed by atoms with Crippen molar-refractivity contribution in [2.24, 2.45) is 0 Å². The molecule has 4 heteroatoms. The normalized spacial score (nSPS) is 11.7. The third-order valence-electron chi connectivity index (χ3n) is 9.52. The Morgan fingerprint density at radius 2 is 0.837 bits per heavy atom. The molecule has 0 spiro atoms. The van der Waals surface area contributed by atoms with E-state index in [1.807, 2.05) is 72.8 Å². The summed E-state index contributed by atoms with van der Waals surface area (Å²) in [6.45, 7) is 0. The molecule has 10 aromatic rings. The van der Waals surface area contributed by atoms with Crippen LogP contribution in [0.2, 0.25) is 0 Å². The molecule has 228 valence electrons. The third kappa shape index (κ3) is 4.42. The first-order valence-corrected chi connectivity index (χ1v) is 16.5. The van der Waals surface area contributed by atoms with Gasteiger partial charge in [-0.3, -0.25) is 0 Å². The Balaban J connectivity index is 1.23. The van der Waals surface area contributed by atoms with E-state index in [0.29, 0.717) is 17.5 Å². The van der Waals surface area contributed by atoms with Crippen molar-refractivity contribution in [3.63, 3.8) is 0 Å². The average Bonchev–Trinajstić information content (AvgIpc) is 3.57. The molecule has 0 unspecified atom stereocenters. The molecule has 0 aliphatic rings. The molecule has 0 aliphatic heterocycles. The van der Waals surface area contributed by atoms with Gasteiger partial charge in [-0.15, -0.1) is 0 Å². The minimum absolute atomic E-state index is 0.635. The van der Waals surface area contributed by atoms with E-state index in [1.54, 1.807) is 0 Å². The van der Waals surface area contributed by atoms with Crippen molar-refractivity contribution in [1.82, 2.24) is 15.0 Å². The Hall–Kier alpha value is -6.65.